The molecule has 18 heavy (non-hydrogen) atoms. The molecule has 0 saturated heterocycles. The first kappa shape index (κ1) is 14.5. The molecule has 0 spiro atoms. The molecule has 5 nitrogen and oxygen atoms in total. The minimum absolute atomic E-state index is 0.0495. The second kappa shape index (κ2) is 7.03. The van der Waals surface area contributed by atoms with Crippen LogP contribution in [0.2, 0.25) is 0 Å². The summed E-state index contributed by atoms with van der Waals surface area (Å²) in [6.07, 6.45) is 6.20. The normalized spacial score (nSPS) is 11.4. The first-order chi connectivity index (χ1) is 8.62. The first-order valence-corrected chi connectivity index (χ1v) is 6.60. The van der Waals surface area contributed by atoms with Crippen LogP contribution in [0.15, 0.2) is 23.6 Å². The molecule has 0 unspecified atom stereocenters. The molecule has 2 N–H and O–H groups in total. The molecule has 0 saturated carbocycles. The second-order valence-corrected chi connectivity index (χ2v) is 4.37. The average Bonchev–Trinajstić information content (AvgIpc) is 2.35. The molecule has 1 rings (SSSR count). The highest BCUT2D eigenvalue weighted by Gasteiger charge is 2.12. The Morgan fingerprint density at radius 3 is 2.83 bits per heavy atom. The third-order valence-electron chi connectivity index (χ3n) is 2.17. The van der Waals surface area contributed by atoms with Crippen molar-refractivity contribution in [2.45, 2.75) is 13.3 Å². The van der Waals surface area contributed by atoms with Crippen molar-refractivity contribution in [1.29, 1.82) is 0 Å². The van der Waals surface area contributed by atoms with Crippen LogP contribution in [0, 0.1) is 6.92 Å². The Labute approximate surface area is 111 Å². The van der Waals surface area contributed by atoms with Gasteiger partial charge in [0, 0.05) is 13.5 Å². The predicted octanol–water partition coefficient (Wildman–Crippen LogP) is 1.98. The van der Waals surface area contributed by atoms with Crippen molar-refractivity contribution in [3.05, 3.63) is 35.2 Å². The van der Waals surface area contributed by atoms with E-state index in [9.17, 15) is 5.11 Å². The van der Waals surface area contributed by atoms with E-state index >= 15 is 0 Å². The summed E-state index contributed by atoms with van der Waals surface area (Å²) in [5, 5.41) is 9.72. The molecule has 0 fully saturated rings. The Balaban J connectivity index is 3.03. The quantitative estimate of drug-likeness (QED) is 0.607. The zero-order chi connectivity index (χ0) is 13.5. The Kier molecular flexibility index (Phi) is 5.67. The molecule has 6 heteroatoms. The van der Waals surface area contributed by atoms with Gasteiger partial charge in [-0.3, -0.25) is 0 Å². The lowest BCUT2D eigenvalue weighted by atomic mass is 10.3. The van der Waals surface area contributed by atoms with Gasteiger partial charge in [-0.15, -0.1) is 11.8 Å². The number of hydrogen-bond donors (Lipinski definition) is 2. The number of aromatic nitrogens is 2. The summed E-state index contributed by atoms with van der Waals surface area (Å²) >= 11 is 1.61. The maximum absolute atomic E-state index is 9.72. The molecule has 1 aromatic rings. The summed E-state index contributed by atoms with van der Waals surface area (Å²) in [5.74, 6) is 0.684. The van der Waals surface area contributed by atoms with E-state index in [0.717, 1.165) is 4.91 Å². The van der Waals surface area contributed by atoms with Crippen molar-refractivity contribution in [1.82, 2.24) is 15.4 Å². The van der Waals surface area contributed by atoms with Gasteiger partial charge in [0.05, 0.1) is 5.69 Å². The van der Waals surface area contributed by atoms with E-state index < -0.39 is 0 Å². The second-order valence-electron chi connectivity index (χ2n) is 3.43. The Morgan fingerprint density at radius 2 is 2.28 bits per heavy atom. The van der Waals surface area contributed by atoms with Crippen molar-refractivity contribution in [3.8, 4) is 11.6 Å². The van der Waals surface area contributed by atoms with E-state index in [1.54, 1.807) is 31.8 Å². The number of allylic oxidation sites excluding steroid dienone is 3. The number of nitrogens with zero attached hydrogens (tertiary/aromatic N) is 2. The number of aryl methyl sites for hydroxylation is 1. The van der Waals surface area contributed by atoms with Gasteiger partial charge in [-0.25, -0.2) is 4.98 Å². The van der Waals surface area contributed by atoms with Gasteiger partial charge in [0.15, 0.2) is 0 Å². The van der Waals surface area contributed by atoms with Crippen LogP contribution in [0.4, 0.5) is 0 Å². The van der Waals surface area contributed by atoms with Crippen LogP contribution in [0.1, 0.15) is 11.5 Å². The SMILES string of the molecule is C=C/C=C(/Cc1nc(C)c(O)c(ONC)n1)SC. The van der Waals surface area contributed by atoms with E-state index in [1.807, 2.05) is 12.3 Å². The number of hydrogen-bond acceptors (Lipinski definition) is 6. The molecule has 0 radical (unpaired) electrons. The van der Waals surface area contributed by atoms with Gasteiger partial charge in [0.1, 0.15) is 5.82 Å². The first-order valence-electron chi connectivity index (χ1n) is 5.38. The fraction of sp³-hybridized carbons (Fsp3) is 0.333. The van der Waals surface area contributed by atoms with Gasteiger partial charge < -0.3 is 9.94 Å². The van der Waals surface area contributed by atoms with Crippen molar-refractivity contribution in [2.24, 2.45) is 0 Å². The topological polar surface area (TPSA) is 67.3 Å². The molecule has 0 bridgehead atoms. The van der Waals surface area contributed by atoms with Crippen LogP contribution in [-0.4, -0.2) is 28.4 Å². The lowest BCUT2D eigenvalue weighted by Crippen LogP contribution is -2.14. The van der Waals surface area contributed by atoms with E-state index in [0.29, 0.717) is 17.9 Å². The summed E-state index contributed by atoms with van der Waals surface area (Å²) in [6, 6.07) is 0. The van der Waals surface area contributed by atoms with E-state index in [4.69, 9.17) is 4.84 Å². The van der Waals surface area contributed by atoms with Crippen LogP contribution < -0.4 is 10.3 Å². The minimum atomic E-state index is -0.0495. The van der Waals surface area contributed by atoms with Crippen molar-refractivity contribution in [2.75, 3.05) is 13.3 Å². The van der Waals surface area contributed by atoms with Crippen LogP contribution in [0.5, 0.6) is 11.6 Å². The molecule has 0 amide bonds. The monoisotopic (exact) mass is 267 g/mol. The Hall–Kier alpha value is -1.53. The van der Waals surface area contributed by atoms with Crippen LogP contribution in [0.25, 0.3) is 0 Å². The highest BCUT2D eigenvalue weighted by Crippen LogP contribution is 2.26. The fourth-order valence-electron chi connectivity index (χ4n) is 1.33. The number of thioether (sulfide) groups is 1. The van der Waals surface area contributed by atoms with Crippen molar-refractivity contribution < 1.29 is 9.94 Å². The summed E-state index contributed by atoms with van der Waals surface area (Å²) in [6.45, 7) is 5.37. The summed E-state index contributed by atoms with van der Waals surface area (Å²) in [4.78, 5) is 14.5. The third-order valence-corrected chi connectivity index (χ3v) is 2.97. The number of nitrogens with one attached hydrogen (secondary N) is 1. The number of hydroxylamine groups is 1. The van der Waals surface area contributed by atoms with Gasteiger partial charge in [0.25, 0.3) is 5.88 Å². The van der Waals surface area contributed by atoms with Crippen LogP contribution in [-0.2, 0) is 6.42 Å². The van der Waals surface area contributed by atoms with Crippen molar-refractivity contribution >= 4 is 11.8 Å². The number of rotatable bonds is 6. The van der Waals surface area contributed by atoms with Crippen LogP contribution in [0.3, 0.4) is 0 Å². The molecule has 0 atom stereocenters. The molecule has 0 aliphatic carbocycles. The van der Waals surface area contributed by atoms with Crippen LogP contribution >= 0.6 is 11.8 Å². The molecular formula is C12H17N3O2S. The molecule has 1 heterocycles. The molecule has 0 aliphatic heterocycles. The average molecular weight is 267 g/mol. The molecular weight excluding hydrogens is 250 g/mol. The van der Waals surface area contributed by atoms with Crippen molar-refractivity contribution in [3.63, 3.8) is 0 Å². The molecule has 0 aliphatic rings. The van der Waals surface area contributed by atoms with Gasteiger partial charge >= 0.3 is 0 Å². The zero-order valence-electron chi connectivity index (χ0n) is 10.7. The van der Waals surface area contributed by atoms with Gasteiger partial charge in [-0.05, 0) is 18.1 Å². The summed E-state index contributed by atoms with van der Waals surface area (Å²) in [7, 11) is 1.60. The molecule has 0 aromatic carbocycles. The maximum Gasteiger partial charge on any atom is 0.283 e. The minimum Gasteiger partial charge on any atom is -0.502 e. The largest absolute Gasteiger partial charge is 0.502 e. The van der Waals surface area contributed by atoms with E-state index in [1.165, 1.54) is 0 Å². The Bertz CT molecular complexity index is 461. The standard InChI is InChI=1S/C12H17N3O2S/c1-5-6-9(18-4)7-10-14-8(2)11(16)12(15-10)17-13-3/h5-6,13,16H,1,7H2,2-4H3/b9-6-. The zero-order valence-corrected chi connectivity index (χ0v) is 11.5. The van der Waals surface area contributed by atoms with Gasteiger partial charge in [-0.1, -0.05) is 18.7 Å². The Morgan fingerprint density at radius 1 is 1.56 bits per heavy atom. The summed E-state index contributed by atoms with van der Waals surface area (Å²) in [5.41, 5.74) is 2.98. The lowest BCUT2D eigenvalue weighted by molar-refractivity contribution is 0.202. The highest BCUT2D eigenvalue weighted by molar-refractivity contribution is 8.02. The smallest absolute Gasteiger partial charge is 0.283 e. The van der Waals surface area contributed by atoms with Gasteiger partial charge in [0.2, 0.25) is 5.75 Å². The third kappa shape index (κ3) is 3.75. The predicted molar refractivity (Wildman–Crippen MR) is 73.6 cm³/mol. The highest BCUT2D eigenvalue weighted by atomic mass is 32.2. The van der Waals surface area contributed by atoms with E-state index in [-0.39, 0.29) is 11.6 Å². The fourth-order valence-corrected chi connectivity index (χ4v) is 1.84. The molecule has 98 valence electrons. The lowest BCUT2D eigenvalue weighted by Gasteiger charge is -2.09. The maximum atomic E-state index is 9.72. The van der Waals surface area contributed by atoms with E-state index in [2.05, 4.69) is 22.0 Å². The molecule has 1 aromatic heterocycles. The number of aromatic hydroxyl groups is 1. The van der Waals surface area contributed by atoms with Gasteiger partial charge in [-0.2, -0.15) is 10.5 Å². The summed E-state index contributed by atoms with van der Waals surface area (Å²) < 4.78 is 0.